The summed E-state index contributed by atoms with van der Waals surface area (Å²) >= 11 is 0. The van der Waals surface area contributed by atoms with Crippen LogP contribution < -0.4 is 14.8 Å². The van der Waals surface area contributed by atoms with Gasteiger partial charge in [-0.3, -0.25) is 0 Å². The number of halogens is 1. The minimum absolute atomic E-state index is 0. The lowest BCUT2D eigenvalue weighted by Crippen LogP contribution is -2.49. The Morgan fingerprint density at radius 3 is 2.48 bits per heavy atom. The van der Waals surface area contributed by atoms with Crippen molar-refractivity contribution in [2.45, 2.75) is 24.5 Å². The van der Waals surface area contributed by atoms with Gasteiger partial charge in [0, 0.05) is 32.5 Å². The molecule has 2 N–H and O–H groups in total. The number of nitrogens with zero attached hydrogens (tertiary/aromatic N) is 1. The number of aliphatic hydroxyl groups is 1. The van der Waals surface area contributed by atoms with Gasteiger partial charge in [-0.1, -0.05) is 0 Å². The normalized spacial score (nSPS) is 20.3. The fourth-order valence-electron chi connectivity index (χ4n) is 3.14. The number of carbonyl (C=O) groups excluding carboxylic acids is 1. The molecule has 8 heteroatoms. The van der Waals surface area contributed by atoms with Crippen molar-refractivity contribution in [2.75, 3.05) is 39.9 Å². The van der Waals surface area contributed by atoms with Crippen LogP contribution in [0.3, 0.4) is 0 Å². The Kier molecular flexibility index (Phi) is 6.75. The topological polar surface area (TPSA) is 80.3 Å². The summed E-state index contributed by atoms with van der Waals surface area (Å²) in [5.41, 5.74) is -0.349. The van der Waals surface area contributed by atoms with Gasteiger partial charge in [-0.05, 0) is 24.3 Å². The van der Waals surface area contributed by atoms with Crippen molar-refractivity contribution in [3.8, 4) is 11.5 Å². The fraction of sp³-hybridized carbons (Fsp3) is 0.588. The Hall–Kier alpha value is -1.70. The predicted octanol–water partition coefficient (Wildman–Crippen LogP) is 1.43. The maximum atomic E-state index is 11.2. The summed E-state index contributed by atoms with van der Waals surface area (Å²) in [7, 11) is 1.62. The lowest BCUT2D eigenvalue weighted by atomic mass is 9.91. The van der Waals surface area contributed by atoms with Crippen molar-refractivity contribution in [3.63, 3.8) is 0 Å². The number of β-amino-alcohol motifs (C(OH)–C–C–N with tert-alkyl or cyclic N) is 1. The molecular weight excluding hydrogens is 348 g/mol. The Labute approximate surface area is 153 Å². The zero-order valence-electron chi connectivity index (χ0n) is 14.3. The van der Waals surface area contributed by atoms with Crippen LogP contribution in [0.15, 0.2) is 24.3 Å². The highest BCUT2D eigenvalue weighted by atomic mass is 35.5. The molecule has 25 heavy (non-hydrogen) atoms. The molecule has 1 aromatic carbocycles. The Morgan fingerprint density at radius 2 is 1.92 bits per heavy atom. The second-order valence-electron chi connectivity index (χ2n) is 6.37. The van der Waals surface area contributed by atoms with Crippen LogP contribution >= 0.6 is 12.4 Å². The third-order valence-electron chi connectivity index (χ3n) is 4.60. The largest absolute Gasteiger partial charge is 0.497 e. The lowest BCUT2D eigenvalue weighted by Gasteiger charge is -2.37. The number of hydrogen-bond acceptors (Lipinski definition) is 6. The first-order chi connectivity index (χ1) is 11.6. The van der Waals surface area contributed by atoms with E-state index in [0.29, 0.717) is 18.8 Å². The van der Waals surface area contributed by atoms with E-state index in [1.807, 2.05) is 24.3 Å². The van der Waals surface area contributed by atoms with Gasteiger partial charge in [0.1, 0.15) is 29.8 Å². The summed E-state index contributed by atoms with van der Waals surface area (Å²) in [6.45, 7) is 2.98. The number of benzene rings is 1. The number of amides is 1. The zero-order chi connectivity index (χ0) is 17.0. The van der Waals surface area contributed by atoms with Crippen LogP contribution in [0.5, 0.6) is 11.5 Å². The van der Waals surface area contributed by atoms with Gasteiger partial charge in [0.25, 0.3) is 0 Å². The van der Waals surface area contributed by atoms with E-state index in [2.05, 4.69) is 10.2 Å². The summed E-state index contributed by atoms with van der Waals surface area (Å²) in [5.74, 6) is 1.48. The summed E-state index contributed by atoms with van der Waals surface area (Å²) in [5, 5.41) is 12.9. The van der Waals surface area contributed by atoms with E-state index in [0.717, 1.165) is 31.7 Å². The van der Waals surface area contributed by atoms with Crippen LogP contribution in [-0.4, -0.2) is 67.7 Å². The average Bonchev–Trinajstić information content (AvgIpc) is 2.96. The highest BCUT2D eigenvalue weighted by molar-refractivity contribution is 5.85. The van der Waals surface area contributed by atoms with E-state index in [-0.39, 0.29) is 30.7 Å². The molecule has 2 aliphatic heterocycles. The Morgan fingerprint density at radius 1 is 1.28 bits per heavy atom. The third-order valence-corrected chi connectivity index (χ3v) is 4.60. The minimum Gasteiger partial charge on any atom is -0.497 e. The van der Waals surface area contributed by atoms with Gasteiger partial charge in [0.05, 0.1) is 13.7 Å². The molecular formula is C17H25ClN2O5. The first kappa shape index (κ1) is 19.6. The molecule has 0 saturated carbocycles. The van der Waals surface area contributed by atoms with E-state index >= 15 is 0 Å². The SMILES string of the molecule is COc1ccc(OCC(O)CN2CCC3(CC2)CNC(=O)O3)cc1.Cl. The van der Waals surface area contributed by atoms with Gasteiger partial charge in [-0.15, -0.1) is 12.4 Å². The van der Waals surface area contributed by atoms with Crippen LogP contribution in [-0.2, 0) is 4.74 Å². The lowest BCUT2D eigenvalue weighted by molar-refractivity contribution is -0.0142. The molecule has 2 saturated heterocycles. The number of ether oxygens (including phenoxy) is 3. The molecule has 140 valence electrons. The summed E-state index contributed by atoms with van der Waals surface area (Å²) in [6, 6.07) is 7.28. The number of carbonyl (C=O) groups is 1. The molecule has 2 heterocycles. The maximum absolute atomic E-state index is 11.2. The molecule has 0 aromatic heterocycles. The number of hydrogen-bond donors (Lipinski definition) is 2. The van der Waals surface area contributed by atoms with Gasteiger partial charge in [0.2, 0.25) is 0 Å². The van der Waals surface area contributed by atoms with E-state index in [9.17, 15) is 9.90 Å². The number of nitrogens with one attached hydrogen (secondary N) is 1. The Balaban J connectivity index is 0.00000225. The van der Waals surface area contributed by atoms with Gasteiger partial charge >= 0.3 is 6.09 Å². The highest BCUT2D eigenvalue weighted by Gasteiger charge is 2.42. The molecule has 2 fully saturated rings. The van der Waals surface area contributed by atoms with E-state index in [1.54, 1.807) is 7.11 Å². The molecule has 1 amide bonds. The van der Waals surface area contributed by atoms with Crippen LogP contribution in [0.4, 0.5) is 4.79 Å². The maximum Gasteiger partial charge on any atom is 0.407 e. The summed E-state index contributed by atoms with van der Waals surface area (Å²) < 4.78 is 16.1. The molecule has 0 bridgehead atoms. The molecule has 0 radical (unpaired) electrons. The Bertz CT molecular complexity index is 561. The zero-order valence-corrected chi connectivity index (χ0v) is 15.1. The average molecular weight is 373 g/mol. The standard InChI is InChI=1S/C17H24N2O5.ClH/c1-22-14-2-4-15(5-3-14)23-11-13(20)10-19-8-6-17(7-9-19)12-18-16(21)24-17;/h2-5,13,20H,6-12H2,1H3,(H,18,21);1H. The number of likely N-dealkylation sites (tertiary alicyclic amines) is 1. The summed E-state index contributed by atoms with van der Waals surface area (Å²) in [6.07, 6.45) is 0.692. The number of methoxy groups -OCH3 is 1. The highest BCUT2D eigenvalue weighted by Crippen LogP contribution is 2.29. The molecule has 1 unspecified atom stereocenters. The molecule has 3 rings (SSSR count). The van der Waals surface area contributed by atoms with Gasteiger partial charge in [-0.2, -0.15) is 0 Å². The van der Waals surface area contributed by atoms with Crippen molar-refractivity contribution in [1.29, 1.82) is 0 Å². The minimum atomic E-state index is -0.564. The molecule has 7 nitrogen and oxygen atoms in total. The second-order valence-corrected chi connectivity index (χ2v) is 6.37. The van der Waals surface area contributed by atoms with Crippen LogP contribution in [0.2, 0.25) is 0 Å². The third kappa shape index (κ3) is 5.14. The van der Waals surface area contributed by atoms with Crippen molar-refractivity contribution in [2.24, 2.45) is 0 Å². The van der Waals surface area contributed by atoms with Crippen LogP contribution in [0.1, 0.15) is 12.8 Å². The van der Waals surface area contributed by atoms with Crippen molar-refractivity contribution >= 4 is 18.5 Å². The van der Waals surface area contributed by atoms with Crippen LogP contribution in [0.25, 0.3) is 0 Å². The van der Waals surface area contributed by atoms with E-state index in [4.69, 9.17) is 14.2 Å². The predicted molar refractivity (Wildman–Crippen MR) is 94.6 cm³/mol. The molecule has 1 aromatic rings. The summed E-state index contributed by atoms with van der Waals surface area (Å²) in [4.78, 5) is 13.4. The van der Waals surface area contributed by atoms with Crippen LogP contribution in [0, 0.1) is 0 Å². The molecule has 0 aliphatic carbocycles. The van der Waals surface area contributed by atoms with Crippen molar-refractivity contribution < 1.29 is 24.1 Å². The number of alkyl carbamates (subject to hydrolysis) is 1. The van der Waals surface area contributed by atoms with E-state index < -0.39 is 6.10 Å². The van der Waals surface area contributed by atoms with Crippen molar-refractivity contribution in [3.05, 3.63) is 24.3 Å². The number of aliphatic hydroxyl groups excluding tert-OH is 1. The molecule has 1 atom stereocenters. The fourth-order valence-corrected chi connectivity index (χ4v) is 3.14. The van der Waals surface area contributed by atoms with E-state index in [1.165, 1.54) is 0 Å². The smallest absolute Gasteiger partial charge is 0.407 e. The van der Waals surface area contributed by atoms with Gasteiger partial charge in [0.15, 0.2) is 0 Å². The number of rotatable bonds is 6. The molecule has 2 aliphatic rings. The monoisotopic (exact) mass is 372 g/mol. The van der Waals surface area contributed by atoms with Crippen molar-refractivity contribution in [1.82, 2.24) is 10.2 Å². The number of piperidine rings is 1. The second kappa shape index (κ2) is 8.60. The first-order valence-electron chi connectivity index (χ1n) is 8.23. The van der Waals surface area contributed by atoms with Gasteiger partial charge < -0.3 is 29.5 Å². The molecule has 1 spiro atoms. The first-order valence-corrected chi connectivity index (χ1v) is 8.23. The quantitative estimate of drug-likeness (QED) is 0.786. The van der Waals surface area contributed by atoms with Gasteiger partial charge in [-0.25, -0.2) is 4.79 Å².